The van der Waals surface area contributed by atoms with Crippen molar-refractivity contribution in [3.8, 4) is 22.1 Å². The van der Waals surface area contributed by atoms with Gasteiger partial charge < -0.3 is 9.47 Å². The maximum absolute atomic E-state index is 12.6. The van der Waals surface area contributed by atoms with Gasteiger partial charge in [0.05, 0.1) is 19.9 Å². The summed E-state index contributed by atoms with van der Waals surface area (Å²) in [6, 6.07) is 5.20. The highest BCUT2D eigenvalue weighted by Gasteiger charge is 2.36. The Morgan fingerprint density at radius 1 is 1.11 bits per heavy atom. The van der Waals surface area contributed by atoms with E-state index in [1.165, 1.54) is 14.2 Å². The topological polar surface area (TPSA) is 86.2 Å². The predicted molar refractivity (Wildman–Crippen MR) is 98.3 cm³/mol. The molecule has 3 aromatic rings. The van der Waals surface area contributed by atoms with Gasteiger partial charge in [-0.15, -0.1) is 21.5 Å². The molecule has 0 fully saturated rings. The number of anilines is 1. The zero-order chi connectivity index (χ0) is 20.5. The third-order valence-corrected chi connectivity index (χ3v) is 5.61. The van der Waals surface area contributed by atoms with E-state index in [0.717, 1.165) is 11.3 Å². The number of carbonyl (C=O) groups excluding carboxylic acids is 1. The number of aryl methyl sites for hydroxylation is 1. The third-order valence-electron chi connectivity index (χ3n) is 3.52. The molecule has 0 radical (unpaired) electrons. The van der Waals surface area contributed by atoms with Crippen molar-refractivity contribution in [1.29, 1.82) is 0 Å². The molecule has 1 aromatic carbocycles. The van der Waals surface area contributed by atoms with E-state index in [9.17, 15) is 18.0 Å². The van der Waals surface area contributed by atoms with E-state index in [4.69, 9.17) is 9.47 Å². The molecule has 2 aromatic heterocycles. The van der Waals surface area contributed by atoms with Crippen LogP contribution in [0.1, 0.15) is 20.4 Å². The number of alkyl halides is 3. The van der Waals surface area contributed by atoms with Crippen molar-refractivity contribution in [2.75, 3.05) is 19.5 Å². The predicted octanol–water partition coefficient (Wildman–Crippen LogP) is 4.26. The number of benzene rings is 1. The van der Waals surface area contributed by atoms with Gasteiger partial charge in [0.25, 0.3) is 5.91 Å². The fraction of sp³-hybridized carbons (Fsp3) is 0.250. The Hall–Kier alpha value is -2.73. The minimum Gasteiger partial charge on any atom is -0.493 e. The second kappa shape index (κ2) is 7.72. The molecule has 2 heterocycles. The fourth-order valence-corrected chi connectivity index (χ4v) is 3.81. The van der Waals surface area contributed by atoms with Gasteiger partial charge in [-0.05, 0) is 25.1 Å². The van der Waals surface area contributed by atoms with Crippen LogP contribution in [0.25, 0.3) is 10.6 Å². The van der Waals surface area contributed by atoms with Crippen molar-refractivity contribution in [3.63, 3.8) is 0 Å². The highest BCUT2D eigenvalue weighted by atomic mass is 32.1. The zero-order valence-electron chi connectivity index (χ0n) is 14.7. The fourth-order valence-electron chi connectivity index (χ4n) is 2.24. The first-order valence-electron chi connectivity index (χ1n) is 7.64. The van der Waals surface area contributed by atoms with Gasteiger partial charge in [0.15, 0.2) is 11.5 Å². The van der Waals surface area contributed by atoms with Gasteiger partial charge in [-0.3, -0.25) is 10.1 Å². The normalized spacial score (nSPS) is 11.4. The zero-order valence-corrected chi connectivity index (χ0v) is 16.4. The first kappa shape index (κ1) is 20.0. The summed E-state index contributed by atoms with van der Waals surface area (Å²) in [6.07, 6.45) is -4.61. The third kappa shape index (κ3) is 4.07. The number of ether oxygens (including phenoxy) is 2. The van der Waals surface area contributed by atoms with Crippen molar-refractivity contribution in [2.24, 2.45) is 0 Å². The molecule has 148 valence electrons. The van der Waals surface area contributed by atoms with Crippen LogP contribution in [0.3, 0.4) is 0 Å². The Balaban J connectivity index is 1.84. The number of amides is 1. The molecule has 0 aliphatic rings. The summed E-state index contributed by atoms with van der Waals surface area (Å²) in [7, 11) is 3.02. The quantitative estimate of drug-likeness (QED) is 0.651. The van der Waals surface area contributed by atoms with E-state index in [1.807, 2.05) is 0 Å². The molecule has 3 rings (SSSR count). The van der Waals surface area contributed by atoms with Crippen LogP contribution in [0, 0.1) is 6.92 Å². The Bertz CT molecular complexity index is 1020. The summed E-state index contributed by atoms with van der Waals surface area (Å²) in [5.41, 5.74) is 1.15. The summed E-state index contributed by atoms with van der Waals surface area (Å²) in [4.78, 5) is 17.1. The molecule has 7 nitrogen and oxygen atoms in total. The van der Waals surface area contributed by atoms with Crippen molar-refractivity contribution in [1.82, 2.24) is 15.2 Å². The largest absolute Gasteiger partial charge is 0.493 e. The monoisotopic (exact) mass is 430 g/mol. The number of aromatic nitrogens is 3. The maximum Gasteiger partial charge on any atom is 0.445 e. The molecule has 0 aliphatic carbocycles. The van der Waals surface area contributed by atoms with Gasteiger partial charge in [0.1, 0.15) is 9.88 Å². The van der Waals surface area contributed by atoms with Gasteiger partial charge in [0.2, 0.25) is 10.1 Å². The average molecular weight is 430 g/mol. The van der Waals surface area contributed by atoms with Crippen LogP contribution < -0.4 is 14.8 Å². The summed E-state index contributed by atoms with van der Waals surface area (Å²) >= 11 is 1.36. The minimum absolute atomic E-state index is 0.238. The van der Waals surface area contributed by atoms with E-state index in [1.54, 1.807) is 25.1 Å². The molecule has 1 amide bonds. The van der Waals surface area contributed by atoms with Gasteiger partial charge in [-0.2, -0.15) is 13.2 Å². The second-order valence-electron chi connectivity index (χ2n) is 5.37. The molecular weight excluding hydrogens is 417 g/mol. The lowest BCUT2D eigenvalue weighted by Crippen LogP contribution is -2.11. The summed E-state index contributed by atoms with van der Waals surface area (Å²) < 4.78 is 48.2. The molecule has 0 atom stereocenters. The number of thiazole rings is 1. The van der Waals surface area contributed by atoms with Crippen LogP contribution in [0.5, 0.6) is 11.5 Å². The number of methoxy groups -OCH3 is 2. The molecule has 0 bridgehead atoms. The molecule has 12 heteroatoms. The SMILES string of the molecule is COc1ccc(-c2nc(C)c(C(=O)Nc3nnc(C(F)(F)F)s3)s2)cc1OC. The highest BCUT2D eigenvalue weighted by molar-refractivity contribution is 7.17. The van der Waals surface area contributed by atoms with E-state index in [2.05, 4.69) is 20.5 Å². The lowest BCUT2D eigenvalue weighted by atomic mass is 10.2. The Kier molecular flexibility index (Phi) is 5.52. The number of hydrogen-bond donors (Lipinski definition) is 1. The molecule has 0 unspecified atom stereocenters. The van der Waals surface area contributed by atoms with E-state index in [0.29, 0.717) is 27.8 Å². The Morgan fingerprint density at radius 3 is 2.43 bits per heavy atom. The lowest BCUT2D eigenvalue weighted by molar-refractivity contribution is -0.138. The second-order valence-corrected chi connectivity index (χ2v) is 7.34. The van der Waals surface area contributed by atoms with E-state index in [-0.39, 0.29) is 21.3 Å². The standard InChI is InChI=1S/C16H13F3N4O3S2/c1-7-11(12(24)21-15-23-22-14(28-15)16(17,18)19)27-13(20-7)8-4-5-9(25-2)10(6-8)26-3/h4-6H,1-3H3,(H,21,23,24). The number of nitrogens with one attached hydrogen (secondary N) is 1. The molecular formula is C16H13F3N4O3S2. The number of rotatable bonds is 5. The van der Waals surface area contributed by atoms with Crippen LogP contribution in [0.2, 0.25) is 0 Å². The highest BCUT2D eigenvalue weighted by Crippen LogP contribution is 2.36. The number of halogens is 3. The molecule has 0 saturated carbocycles. The first-order valence-corrected chi connectivity index (χ1v) is 9.28. The van der Waals surface area contributed by atoms with Crippen molar-refractivity contribution in [3.05, 3.63) is 33.8 Å². The smallest absolute Gasteiger partial charge is 0.445 e. The van der Waals surface area contributed by atoms with Gasteiger partial charge in [-0.25, -0.2) is 4.98 Å². The van der Waals surface area contributed by atoms with Crippen LogP contribution in [0.4, 0.5) is 18.3 Å². The molecule has 28 heavy (non-hydrogen) atoms. The molecule has 1 N–H and O–H groups in total. The van der Waals surface area contributed by atoms with Crippen molar-refractivity contribution < 1.29 is 27.4 Å². The van der Waals surface area contributed by atoms with Crippen LogP contribution in [-0.2, 0) is 6.18 Å². The summed E-state index contributed by atoms with van der Waals surface area (Å²) in [5, 5.41) is 7.90. The molecule has 0 saturated heterocycles. The number of carbonyl (C=O) groups is 1. The van der Waals surface area contributed by atoms with Gasteiger partial charge >= 0.3 is 6.18 Å². The van der Waals surface area contributed by atoms with Crippen molar-refractivity contribution in [2.45, 2.75) is 13.1 Å². The van der Waals surface area contributed by atoms with Crippen LogP contribution in [-0.4, -0.2) is 35.3 Å². The minimum atomic E-state index is -4.61. The van der Waals surface area contributed by atoms with E-state index >= 15 is 0 Å². The van der Waals surface area contributed by atoms with Crippen molar-refractivity contribution >= 4 is 33.7 Å². The van der Waals surface area contributed by atoms with Crippen LogP contribution in [0.15, 0.2) is 18.2 Å². The number of hydrogen-bond acceptors (Lipinski definition) is 8. The van der Waals surface area contributed by atoms with E-state index < -0.39 is 17.1 Å². The van der Waals surface area contributed by atoms with Crippen LogP contribution >= 0.6 is 22.7 Å². The average Bonchev–Trinajstić information content (AvgIpc) is 3.27. The van der Waals surface area contributed by atoms with Gasteiger partial charge in [0, 0.05) is 5.56 Å². The summed E-state index contributed by atoms with van der Waals surface area (Å²) in [6.45, 7) is 1.64. The molecule has 0 aliphatic heterocycles. The Morgan fingerprint density at radius 2 is 1.82 bits per heavy atom. The maximum atomic E-state index is 12.6. The van der Waals surface area contributed by atoms with Gasteiger partial charge in [-0.1, -0.05) is 11.3 Å². The molecule has 0 spiro atoms. The first-order chi connectivity index (χ1) is 13.2. The Labute approximate surface area is 165 Å². The summed E-state index contributed by atoms with van der Waals surface area (Å²) in [5.74, 6) is 0.452. The lowest BCUT2D eigenvalue weighted by Gasteiger charge is -2.08. The number of nitrogens with zero attached hydrogens (tertiary/aromatic N) is 3.